The van der Waals surface area contributed by atoms with Crippen LogP contribution in [-0.4, -0.2) is 24.5 Å². The predicted molar refractivity (Wildman–Crippen MR) is 70.8 cm³/mol. The number of benzene rings is 1. The molecule has 0 aliphatic rings. The Labute approximate surface area is 103 Å². The highest BCUT2D eigenvalue weighted by Gasteiger charge is 2.22. The summed E-state index contributed by atoms with van der Waals surface area (Å²) in [4.78, 5) is 2.27. The second-order valence-corrected chi connectivity index (χ2v) is 4.71. The van der Waals surface area contributed by atoms with Gasteiger partial charge in [-0.2, -0.15) is 0 Å². The zero-order valence-corrected chi connectivity index (χ0v) is 11.0. The van der Waals surface area contributed by atoms with Crippen LogP contribution in [0.25, 0.3) is 0 Å². The van der Waals surface area contributed by atoms with E-state index in [2.05, 4.69) is 24.9 Å². The topological polar surface area (TPSA) is 29.3 Å². The van der Waals surface area contributed by atoms with E-state index in [9.17, 15) is 0 Å². The minimum atomic E-state index is 0.0662. The third-order valence-corrected chi connectivity index (χ3v) is 3.12. The molecule has 2 atom stereocenters. The largest absolute Gasteiger partial charge is 0.326 e. The van der Waals surface area contributed by atoms with Crippen molar-refractivity contribution >= 4 is 11.6 Å². The van der Waals surface area contributed by atoms with E-state index in [-0.39, 0.29) is 12.1 Å². The molecular weight excluding hydrogens is 220 g/mol. The minimum Gasteiger partial charge on any atom is -0.326 e. The van der Waals surface area contributed by atoms with Crippen LogP contribution in [0.4, 0.5) is 0 Å². The molecule has 0 bridgehead atoms. The van der Waals surface area contributed by atoms with Gasteiger partial charge >= 0.3 is 0 Å². The summed E-state index contributed by atoms with van der Waals surface area (Å²) in [6, 6.07) is 8.19. The number of hydrogen-bond donors (Lipinski definition) is 1. The van der Waals surface area contributed by atoms with Gasteiger partial charge in [0.05, 0.1) is 6.04 Å². The number of hydrogen-bond acceptors (Lipinski definition) is 2. The molecule has 1 rings (SSSR count). The number of rotatable bonds is 5. The quantitative estimate of drug-likeness (QED) is 0.857. The third kappa shape index (κ3) is 3.21. The molecule has 3 heteroatoms. The smallest absolute Gasteiger partial charge is 0.0508 e. The van der Waals surface area contributed by atoms with Crippen molar-refractivity contribution in [2.45, 2.75) is 32.4 Å². The average molecular weight is 241 g/mol. The summed E-state index contributed by atoms with van der Waals surface area (Å²) in [7, 11) is 2.10. The molecule has 16 heavy (non-hydrogen) atoms. The molecule has 0 fully saturated rings. The summed E-state index contributed by atoms with van der Waals surface area (Å²) < 4.78 is 0. The summed E-state index contributed by atoms with van der Waals surface area (Å²) in [6.07, 6.45) is 1.12. The molecule has 2 N–H and O–H groups in total. The average Bonchev–Trinajstić information content (AvgIpc) is 2.21. The maximum atomic E-state index is 6.23. The van der Waals surface area contributed by atoms with Crippen LogP contribution in [-0.2, 0) is 0 Å². The second kappa shape index (κ2) is 6.24. The molecule has 0 aromatic heterocycles. The lowest BCUT2D eigenvalue weighted by Gasteiger charge is -2.31. The SMILES string of the molecule is CCCN(C)C(c1ccccc1Cl)C(C)N. The van der Waals surface area contributed by atoms with Crippen LogP contribution in [0, 0.1) is 0 Å². The van der Waals surface area contributed by atoms with Crippen LogP contribution in [0.5, 0.6) is 0 Å². The van der Waals surface area contributed by atoms with Crippen molar-refractivity contribution in [3.8, 4) is 0 Å². The maximum Gasteiger partial charge on any atom is 0.0508 e. The summed E-state index contributed by atoms with van der Waals surface area (Å²) >= 11 is 6.23. The molecule has 2 unspecified atom stereocenters. The van der Waals surface area contributed by atoms with E-state index in [0.717, 1.165) is 23.6 Å². The van der Waals surface area contributed by atoms with E-state index in [0.29, 0.717) is 0 Å². The molecule has 0 saturated heterocycles. The van der Waals surface area contributed by atoms with Crippen molar-refractivity contribution in [2.24, 2.45) is 5.73 Å². The van der Waals surface area contributed by atoms with Crippen molar-refractivity contribution < 1.29 is 0 Å². The van der Waals surface area contributed by atoms with Crippen molar-refractivity contribution in [1.29, 1.82) is 0 Å². The highest BCUT2D eigenvalue weighted by atomic mass is 35.5. The van der Waals surface area contributed by atoms with E-state index in [1.54, 1.807) is 0 Å². The van der Waals surface area contributed by atoms with Crippen LogP contribution in [0.15, 0.2) is 24.3 Å². The van der Waals surface area contributed by atoms with Gasteiger partial charge in [0.25, 0.3) is 0 Å². The van der Waals surface area contributed by atoms with Crippen molar-refractivity contribution in [3.63, 3.8) is 0 Å². The number of halogens is 1. The second-order valence-electron chi connectivity index (χ2n) is 4.31. The maximum absolute atomic E-state index is 6.23. The normalized spacial score (nSPS) is 15.1. The molecule has 0 spiro atoms. The Morgan fingerprint density at radius 3 is 2.50 bits per heavy atom. The Bertz CT molecular complexity index is 325. The first kappa shape index (κ1) is 13.5. The Hall–Kier alpha value is -0.570. The van der Waals surface area contributed by atoms with Gasteiger partial charge in [0.2, 0.25) is 0 Å². The summed E-state index contributed by atoms with van der Waals surface area (Å²) in [5.41, 5.74) is 7.19. The van der Waals surface area contributed by atoms with Crippen LogP contribution in [0.2, 0.25) is 5.02 Å². The van der Waals surface area contributed by atoms with Gasteiger partial charge in [0.1, 0.15) is 0 Å². The van der Waals surface area contributed by atoms with Gasteiger partial charge in [-0.3, -0.25) is 4.90 Å². The van der Waals surface area contributed by atoms with E-state index in [1.165, 1.54) is 0 Å². The molecular formula is C13H21ClN2. The lowest BCUT2D eigenvalue weighted by atomic mass is 9.99. The first-order valence-corrected chi connectivity index (χ1v) is 6.16. The molecule has 0 radical (unpaired) electrons. The van der Waals surface area contributed by atoms with E-state index in [4.69, 9.17) is 17.3 Å². The van der Waals surface area contributed by atoms with E-state index >= 15 is 0 Å². The van der Waals surface area contributed by atoms with Crippen LogP contribution < -0.4 is 5.73 Å². The van der Waals surface area contributed by atoms with Crippen LogP contribution in [0.3, 0.4) is 0 Å². The Balaban J connectivity index is 2.98. The first-order chi connectivity index (χ1) is 7.57. The predicted octanol–water partition coefficient (Wildman–Crippen LogP) is 3.07. The molecule has 0 saturated carbocycles. The highest BCUT2D eigenvalue weighted by molar-refractivity contribution is 6.31. The fourth-order valence-corrected chi connectivity index (χ4v) is 2.38. The van der Waals surface area contributed by atoms with Gasteiger partial charge in [0, 0.05) is 11.1 Å². The summed E-state index contributed by atoms with van der Waals surface area (Å²) in [5, 5.41) is 0.799. The van der Waals surface area contributed by atoms with Gasteiger partial charge in [-0.1, -0.05) is 36.7 Å². The lowest BCUT2D eigenvalue weighted by Crippen LogP contribution is -2.37. The molecule has 1 aromatic carbocycles. The number of likely N-dealkylation sites (N-methyl/N-ethyl adjacent to an activating group) is 1. The van der Waals surface area contributed by atoms with Gasteiger partial charge in [-0.25, -0.2) is 0 Å². The first-order valence-electron chi connectivity index (χ1n) is 5.78. The molecule has 0 aliphatic carbocycles. The van der Waals surface area contributed by atoms with E-state index < -0.39 is 0 Å². The number of nitrogens with zero attached hydrogens (tertiary/aromatic N) is 1. The van der Waals surface area contributed by atoms with Gasteiger partial charge in [-0.15, -0.1) is 0 Å². The molecule has 90 valence electrons. The fraction of sp³-hybridized carbons (Fsp3) is 0.538. The highest BCUT2D eigenvalue weighted by Crippen LogP contribution is 2.28. The molecule has 0 aliphatic heterocycles. The Morgan fingerprint density at radius 1 is 1.38 bits per heavy atom. The molecule has 2 nitrogen and oxygen atoms in total. The molecule has 0 amide bonds. The standard InChI is InChI=1S/C13H21ClN2/c1-4-9-16(3)13(10(2)15)11-7-5-6-8-12(11)14/h5-8,10,13H,4,9,15H2,1-3H3. The molecule has 0 heterocycles. The van der Waals surface area contributed by atoms with Crippen LogP contribution >= 0.6 is 11.6 Å². The van der Waals surface area contributed by atoms with Crippen LogP contribution in [0.1, 0.15) is 31.9 Å². The Kier molecular flexibility index (Phi) is 5.26. The Morgan fingerprint density at radius 2 is 2.00 bits per heavy atom. The van der Waals surface area contributed by atoms with Gasteiger partial charge in [-0.05, 0) is 38.6 Å². The minimum absolute atomic E-state index is 0.0662. The van der Waals surface area contributed by atoms with Gasteiger partial charge in [0.15, 0.2) is 0 Å². The summed E-state index contributed by atoms with van der Waals surface area (Å²) in [6.45, 7) is 5.22. The zero-order valence-electron chi connectivity index (χ0n) is 10.3. The number of nitrogens with two attached hydrogens (primary N) is 1. The van der Waals surface area contributed by atoms with E-state index in [1.807, 2.05) is 25.1 Å². The molecule has 1 aromatic rings. The fourth-order valence-electron chi connectivity index (χ4n) is 2.13. The zero-order chi connectivity index (χ0) is 12.1. The third-order valence-electron chi connectivity index (χ3n) is 2.77. The summed E-state index contributed by atoms with van der Waals surface area (Å²) in [5.74, 6) is 0. The van der Waals surface area contributed by atoms with Gasteiger partial charge < -0.3 is 5.73 Å². The monoisotopic (exact) mass is 240 g/mol. The van der Waals surface area contributed by atoms with Crippen molar-refractivity contribution in [3.05, 3.63) is 34.9 Å². The lowest BCUT2D eigenvalue weighted by molar-refractivity contribution is 0.219. The van der Waals surface area contributed by atoms with Crippen molar-refractivity contribution in [2.75, 3.05) is 13.6 Å². The van der Waals surface area contributed by atoms with Crippen molar-refractivity contribution in [1.82, 2.24) is 4.90 Å².